The number of sulfonamides is 1. The van der Waals surface area contributed by atoms with Gasteiger partial charge >= 0.3 is 0 Å². The molecule has 4 rings (SSSR count). The van der Waals surface area contributed by atoms with Crippen LogP contribution < -0.4 is 19.1 Å². The second kappa shape index (κ2) is 8.88. The Hall–Kier alpha value is -3.59. The molecule has 3 aromatic rings. The van der Waals surface area contributed by atoms with Crippen LogP contribution in [0.1, 0.15) is 5.56 Å². The number of ether oxygens (including phenoxy) is 2. The molecule has 32 heavy (non-hydrogen) atoms. The van der Waals surface area contributed by atoms with Crippen LogP contribution in [0.5, 0.6) is 11.5 Å². The maximum atomic E-state index is 13.4. The molecule has 0 unspecified atom stereocenters. The normalized spacial score (nSPS) is 12.8. The lowest BCUT2D eigenvalue weighted by molar-refractivity contribution is -0.114. The van der Waals surface area contributed by atoms with Gasteiger partial charge in [0.2, 0.25) is 5.91 Å². The molecule has 7 nitrogen and oxygen atoms in total. The average Bonchev–Trinajstić information content (AvgIpc) is 2.78. The van der Waals surface area contributed by atoms with Crippen LogP contribution >= 0.6 is 0 Å². The number of hydrogen-bond acceptors (Lipinski definition) is 5. The van der Waals surface area contributed by atoms with Crippen molar-refractivity contribution >= 4 is 27.3 Å². The topological polar surface area (TPSA) is 84.9 Å². The summed E-state index contributed by atoms with van der Waals surface area (Å²) in [6.07, 6.45) is 0. The standard InChI is InChI=1S/C23H21FN2O5S/c1-16-2-9-20(10-3-16)32(28,29)26(19-7-4-17(24)5-8-19)15-23(27)25-18-6-11-21-22(14-18)31-13-12-30-21/h2-11,14H,12-13,15H2,1H3,(H,25,27). The highest BCUT2D eigenvalue weighted by Crippen LogP contribution is 2.32. The molecule has 0 atom stereocenters. The third-order valence-electron chi connectivity index (χ3n) is 4.84. The van der Waals surface area contributed by atoms with Crippen molar-refractivity contribution in [2.24, 2.45) is 0 Å². The number of carbonyl (C=O) groups excluding carboxylic acids is 1. The van der Waals surface area contributed by atoms with E-state index < -0.39 is 28.3 Å². The number of halogens is 1. The summed E-state index contributed by atoms with van der Waals surface area (Å²) in [7, 11) is -4.08. The lowest BCUT2D eigenvalue weighted by atomic mass is 10.2. The summed E-state index contributed by atoms with van der Waals surface area (Å²) in [4.78, 5) is 12.8. The van der Waals surface area contributed by atoms with Crippen LogP contribution in [-0.4, -0.2) is 34.1 Å². The van der Waals surface area contributed by atoms with Gasteiger partial charge in [0.15, 0.2) is 11.5 Å². The van der Waals surface area contributed by atoms with Crippen molar-refractivity contribution < 1.29 is 27.1 Å². The lowest BCUT2D eigenvalue weighted by Crippen LogP contribution is -2.38. The number of hydrogen-bond donors (Lipinski definition) is 1. The smallest absolute Gasteiger partial charge is 0.264 e. The largest absolute Gasteiger partial charge is 0.486 e. The number of aryl methyl sites for hydroxylation is 1. The highest BCUT2D eigenvalue weighted by atomic mass is 32.2. The predicted molar refractivity (Wildman–Crippen MR) is 118 cm³/mol. The first-order valence-corrected chi connectivity index (χ1v) is 11.3. The molecular formula is C23H21FN2O5S. The lowest BCUT2D eigenvalue weighted by Gasteiger charge is -2.24. The fraction of sp³-hybridized carbons (Fsp3) is 0.174. The predicted octanol–water partition coefficient (Wildman–Crippen LogP) is 3.74. The molecule has 166 valence electrons. The van der Waals surface area contributed by atoms with Gasteiger partial charge in [0.25, 0.3) is 10.0 Å². The quantitative estimate of drug-likeness (QED) is 0.611. The van der Waals surface area contributed by atoms with Crippen molar-refractivity contribution in [3.05, 3.63) is 78.1 Å². The molecule has 0 saturated heterocycles. The highest BCUT2D eigenvalue weighted by Gasteiger charge is 2.27. The number of fused-ring (bicyclic) bond motifs is 1. The van der Waals surface area contributed by atoms with E-state index in [-0.39, 0.29) is 10.6 Å². The van der Waals surface area contributed by atoms with Gasteiger partial charge < -0.3 is 14.8 Å². The third-order valence-corrected chi connectivity index (χ3v) is 6.62. The van der Waals surface area contributed by atoms with Crippen molar-refractivity contribution in [3.8, 4) is 11.5 Å². The van der Waals surface area contributed by atoms with Gasteiger partial charge in [-0.1, -0.05) is 17.7 Å². The molecule has 0 saturated carbocycles. The Morgan fingerprint density at radius 1 is 0.969 bits per heavy atom. The summed E-state index contributed by atoms with van der Waals surface area (Å²) < 4.78 is 52.0. The van der Waals surface area contributed by atoms with E-state index in [2.05, 4.69) is 5.32 Å². The minimum Gasteiger partial charge on any atom is -0.486 e. The Morgan fingerprint density at radius 2 is 1.62 bits per heavy atom. The number of anilines is 2. The van der Waals surface area contributed by atoms with Gasteiger partial charge in [-0.3, -0.25) is 9.10 Å². The molecule has 9 heteroatoms. The van der Waals surface area contributed by atoms with Gasteiger partial charge in [-0.2, -0.15) is 0 Å². The van der Waals surface area contributed by atoms with Crippen molar-refractivity contribution in [2.45, 2.75) is 11.8 Å². The summed E-state index contributed by atoms with van der Waals surface area (Å²) in [6.45, 7) is 2.19. The molecule has 0 aliphatic carbocycles. The molecule has 1 amide bonds. The van der Waals surface area contributed by atoms with Crippen LogP contribution in [0.2, 0.25) is 0 Å². The van der Waals surface area contributed by atoms with E-state index in [9.17, 15) is 17.6 Å². The zero-order chi connectivity index (χ0) is 22.7. The van der Waals surface area contributed by atoms with E-state index in [1.54, 1.807) is 30.3 Å². The molecule has 0 fully saturated rings. The molecular weight excluding hydrogens is 435 g/mol. The summed E-state index contributed by atoms with van der Waals surface area (Å²) in [5, 5.41) is 2.68. The van der Waals surface area contributed by atoms with Crippen LogP contribution in [0.4, 0.5) is 15.8 Å². The van der Waals surface area contributed by atoms with Crippen molar-refractivity contribution in [2.75, 3.05) is 29.4 Å². The van der Waals surface area contributed by atoms with Crippen molar-refractivity contribution in [1.82, 2.24) is 0 Å². The van der Waals surface area contributed by atoms with Crippen LogP contribution in [0, 0.1) is 12.7 Å². The fourth-order valence-corrected chi connectivity index (χ4v) is 4.63. The number of rotatable bonds is 6. The zero-order valence-electron chi connectivity index (χ0n) is 17.2. The third kappa shape index (κ3) is 4.67. The fourth-order valence-electron chi connectivity index (χ4n) is 3.21. The molecule has 0 spiro atoms. The second-order valence-corrected chi connectivity index (χ2v) is 9.07. The zero-order valence-corrected chi connectivity index (χ0v) is 18.1. The minimum atomic E-state index is -4.08. The average molecular weight is 456 g/mol. The molecule has 1 heterocycles. The van der Waals surface area contributed by atoms with E-state index in [1.165, 1.54) is 24.3 Å². The maximum Gasteiger partial charge on any atom is 0.264 e. The highest BCUT2D eigenvalue weighted by molar-refractivity contribution is 7.92. The monoisotopic (exact) mass is 456 g/mol. The molecule has 0 radical (unpaired) electrons. The van der Waals surface area contributed by atoms with E-state index in [1.807, 2.05) is 6.92 Å². The first-order chi connectivity index (χ1) is 15.3. The summed E-state index contributed by atoms with van der Waals surface area (Å²) in [6, 6.07) is 16.1. The number of nitrogens with zero attached hydrogens (tertiary/aromatic N) is 1. The van der Waals surface area contributed by atoms with E-state index >= 15 is 0 Å². The number of benzene rings is 3. The van der Waals surface area contributed by atoms with E-state index in [4.69, 9.17) is 9.47 Å². The summed E-state index contributed by atoms with van der Waals surface area (Å²) >= 11 is 0. The summed E-state index contributed by atoms with van der Waals surface area (Å²) in [5.41, 5.74) is 1.50. The first kappa shape index (κ1) is 21.6. The van der Waals surface area contributed by atoms with E-state index in [0.29, 0.717) is 30.4 Å². The molecule has 3 aromatic carbocycles. The summed E-state index contributed by atoms with van der Waals surface area (Å²) in [5.74, 6) is -0.00953. The minimum absolute atomic E-state index is 0.0274. The maximum absolute atomic E-state index is 13.4. The number of nitrogens with one attached hydrogen (secondary N) is 1. The molecule has 1 aliphatic rings. The van der Waals surface area contributed by atoms with Gasteiger partial charge in [-0.15, -0.1) is 0 Å². The van der Waals surface area contributed by atoms with Crippen molar-refractivity contribution in [1.29, 1.82) is 0 Å². The van der Waals surface area contributed by atoms with Crippen LogP contribution in [-0.2, 0) is 14.8 Å². The van der Waals surface area contributed by atoms with Gasteiger partial charge in [0.1, 0.15) is 25.6 Å². The molecule has 0 aromatic heterocycles. The Kier molecular flexibility index (Phi) is 6.00. The van der Waals surface area contributed by atoms with Gasteiger partial charge in [-0.25, -0.2) is 12.8 Å². The van der Waals surface area contributed by atoms with Gasteiger partial charge in [-0.05, 0) is 55.5 Å². The van der Waals surface area contributed by atoms with E-state index in [0.717, 1.165) is 22.0 Å². The van der Waals surface area contributed by atoms with Gasteiger partial charge in [0.05, 0.1) is 10.6 Å². The Morgan fingerprint density at radius 3 is 2.31 bits per heavy atom. The molecule has 1 N–H and O–H groups in total. The Bertz CT molecular complexity index is 1230. The molecule has 0 bridgehead atoms. The van der Waals surface area contributed by atoms with Crippen molar-refractivity contribution in [3.63, 3.8) is 0 Å². The SMILES string of the molecule is Cc1ccc(S(=O)(=O)N(CC(=O)Nc2ccc3c(c2)OCCO3)c2ccc(F)cc2)cc1. The molecule has 1 aliphatic heterocycles. The number of carbonyl (C=O) groups is 1. The van der Waals surface area contributed by atoms with Crippen LogP contribution in [0.25, 0.3) is 0 Å². The second-order valence-electron chi connectivity index (χ2n) is 7.21. The Balaban J connectivity index is 1.61. The van der Waals surface area contributed by atoms with Crippen LogP contribution in [0.15, 0.2) is 71.6 Å². The van der Waals surface area contributed by atoms with Crippen LogP contribution in [0.3, 0.4) is 0 Å². The van der Waals surface area contributed by atoms with Gasteiger partial charge in [0, 0.05) is 11.8 Å². The first-order valence-electron chi connectivity index (χ1n) is 9.87. The number of amides is 1. The Labute approximate surface area is 185 Å².